The van der Waals surface area contributed by atoms with Gasteiger partial charge in [0.25, 0.3) is 0 Å². The van der Waals surface area contributed by atoms with Crippen molar-refractivity contribution >= 4 is 14.4 Å². The summed E-state index contributed by atoms with van der Waals surface area (Å²) in [6, 6.07) is -0.0865. The van der Waals surface area contributed by atoms with Gasteiger partial charge in [-0.1, -0.05) is 20.8 Å². The summed E-state index contributed by atoms with van der Waals surface area (Å²) in [4.78, 5) is 12.7. The maximum Gasteiger partial charge on any atom is 0.407 e. The number of hydrogen-bond donors (Lipinski definition) is 1. The molecule has 1 rings (SSSR count). The fourth-order valence-corrected chi connectivity index (χ4v) is 3.00. The highest BCUT2D eigenvalue weighted by Gasteiger charge is 2.40. The summed E-state index contributed by atoms with van der Waals surface area (Å²) < 4.78 is 11.4. The van der Waals surface area contributed by atoms with Crippen LogP contribution in [0.3, 0.4) is 0 Å². The Morgan fingerprint density at radius 1 is 1.42 bits per heavy atom. The van der Waals surface area contributed by atoms with Gasteiger partial charge in [-0.2, -0.15) is 0 Å². The average molecular weight is 289 g/mol. The van der Waals surface area contributed by atoms with Crippen molar-refractivity contribution in [1.29, 1.82) is 0 Å². The Morgan fingerprint density at radius 3 is 2.42 bits per heavy atom. The molecule has 5 nitrogen and oxygen atoms in total. The molecule has 0 radical (unpaired) electrons. The first-order chi connectivity index (χ1) is 8.58. The number of methoxy groups -OCH3 is 1. The van der Waals surface area contributed by atoms with E-state index in [2.05, 4.69) is 33.9 Å². The predicted molar refractivity (Wildman–Crippen MR) is 77.1 cm³/mol. The third kappa shape index (κ3) is 3.93. The smallest absolute Gasteiger partial charge is 0.407 e. The monoisotopic (exact) mass is 289 g/mol. The molecule has 1 aliphatic rings. The van der Waals surface area contributed by atoms with E-state index in [-0.39, 0.29) is 17.2 Å². The molecule has 1 amide bonds. The van der Waals surface area contributed by atoms with E-state index in [4.69, 9.17) is 9.16 Å². The van der Waals surface area contributed by atoms with Crippen LogP contribution < -0.4 is 0 Å². The van der Waals surface area contributed by atoms with E-state index in [1.165, 1.54) is 4.90 Å². The van der Waals surface area contributed by atoms with Crippen molar-refractivity contribution in [3.05, 3.63) is 0 Å². The molecule has 2 unspecified atom stereocenters. The van der Waals surface area contributed by atoms with Crippen molar-refractivity contribution in [2.45, 2.75) is 57.5 Å². The molecule has 1 N–H and O–H groups in total. The van der Waals surface area contributed by atoms with Gasteiger partial charge in [0.15, 0.2) is 8.32 Å². The Labute approximate surface area is 117 Å². The fraction of sp³-hybridized carbons (Fsp3) is 0.923. The van der Waals surface area contributed by atoms with Crippen molar-refractivity contribution in [3.8, 4) is 0 Å². The first-order valence-corrected chi connectivity index (χ1v) is 9.65. The zero-order valence-corrected chi connectivity index (χ0v) is 13.9. The second kappa shape index (κ2) is 5.81. The summed E-state index contributed by atoms with van der Waals surface area (Å²) in [6.45, 7) is 11.8. The van der Waals surface area contributed by atoms with Gasteiger partial charge >= 0.3 is 6.09 Å². The zero-order valence-electron chi connectivity index (χ0n) is 12.9. The number of carboxylic acid groups (broad SMARTS) is 1. The number of nitrogens with zero attached hydrogens (tertiary/aromatic N) is 1. The van der Waals surface area contributed by atoms with E-state index in [9.17, 15) is 9.90 Å². The highest BCUT2D eigenvalue weighted by Crippen LogP contribution is 2.37. The van der Waals surface area contributed by atoms with Gasteiger partial charge in [0.2, 0.25) is 0 Å². The molecule has 1 saturated heterocycles. The Morgan fingerprint density at radius 2 is 2.00 bits per heavy atom. The lowest BCUT2D eigenvalue weighted by Gasteiger charge is -2.37. The molecule has 0 bridgehead atoms. The number of hydrogen-bond acceptors (Lipinski definition) is 3. The van der Waals surface area contributed by atoms with Gasteiger partial charge in [0.05, 0.1) is 25.3 Å². The number of carbonyl (C=O) groups is 1. The van der Waals surface area contributed by atoms with E-state index < -0.39 is 14.4 Å². The van der Waals surface area contributed by atoms with Gasteiger partial charge in [-0.05, 0) is 24.6 Å². The Bertz CT molecular complexity index is 327. The zero-order chi connectivity index (χ0) is 14.8. The summed E-state index contributed by atoms with van der Waals surface area (Å²) in [5.41, 5.74) is 0. The molecule has 0 aliphatic carbocycles. The minimum absolute atomic E-state index is 0.0101. The predicted octanol–water partition coefficient (Wildman–Crippen LogP) is 2.78. The van der Waals surface area contributed by atoms with Crippen LogP contribution in [0.2, 0.25) is 18.1 Å². The summed E-state index contributed by atoms with van der Waals surface area (Å²) in [6.07, 6.45) is -0.176. The third-order valence-electron chi connectivity index (χ3n) is 4.40. The number of likely N-dealkylation sites (tertiary alicyclic amines) is 1. The van der Waals surface area contributed by atoms with Crippen molar-refractivity contribution in [1.82, 2.24) is 4.90 Å². The highest BCUT2D eigenvalue weighted by atomic mass is 28.4. The molecule has 1 aliphatic heterocycles. The van der Waals surface area contributed by atoms with Crippen LogP contribution in [0.25, 0.3) is 0 Å². The second-order valence-electron chi connectivity index (χ2n) is 6.75. The van der Waals surface area contributed by atoms with Crippen LogP contribution in [0.4, 0.5) is 4.79 Å². The van der Waals surface area contributed by atoms with Crippen LogP contribution in [-0.2, 0) is 9.16 Å². The Balaban J connectivity index is 2.63. The molecule has 19 heavy (non-hydrogen) atoms. The normalized spacial score (nSPS) is 24.8. The largest absolute Gasteiger partial charge is 0.465 e. The highest BCUT2D eigenvalue weighted by molar-refractivity contribution is 6.74. The van der Waals surface area contributed by atoms with E-state index in [1.54, 1.807) is 7.11 Å². The summed E-state index contributed by atoms with van der Waals surface area (Å²) >= 11 is 0. The number of amides is 1. The molecule has 1 heterocycles. The van der Waals surface area contributed by atoms with Crippen LogP contribution in [0.5, 0.6) is 0 Å². The second-order valence-corrected chi connectivity index (χ2v) is 11.6. The molecule has 0 saturated carbocycles. The van der Waals surface area contributed by atoms with Crippen molar-refractivity contribution < 1.29 is 19.1 Å². The molecule has 112 valence electrons. The summed E-state index contributed by atoms with van der Waals surface area (Å²) in [5, 5.41) is 9.35. The molecule has 0 aromatic rings. The van der Waals surface area contributed by atoms with Gasteiger partial charge in [0.1, 0.15) is 0 Å². The SMILES string of the molecule is COC1CC(CO[Si](C)(C)C(C)(C)C)N(C(=O)O)C1. The minimum Gasteiger partial charge on any atom is -0.465 e. The van der Waals surface area contributed by atoms with E-state index >= 15 is 0 Å². The lowest BCUT2D eigenvalue weighted by molar-refractivity contribution is 0.101. The van der Waals surface area contributed by atoms with Gasteiger partial charge in [-0.25, -0.2) is 4.79 Å². The van der Waals surface area contributed by atoms with Gasteiger partial charge in [-0.15, -0.1) is 0 Å². The van der Waals surface area contributed by atoms with Crippen LogP contribution >= 0.6 is 0 Å². The lowest BCUT2D eigenvalue weighted by atomic mass is 10.2. The van der Waals surface area contributed by atoms with E-state index in [0.29, 0.717) is 13.2 Å². The van der Waals surface area contributed by atoms with Crippen molar-refractivity contribution in [2.75, 3.05) is 20.3 Å². The van der Waals surface area contributed by atoms with Gasteiger partial charge in [-0.3, -0.25) is 0 Å². The quantitative estimate of drug-likeness (QED) is 0.809. The Hall–Kier alpha value is -0.593. The first-order valence-electron chi connectivity index (χ1n) is 6.75. The first kappa shape index (κ1) is 16.5. The molecular weight excluding hydrogens is 262 g/mol. The van der Waals surface area contributed by atoms with Crippen molar-refractivity contribution in [2.24, 2.45) is 0 Å². The molecule has 0 aromatic carbocycles. The fourth-order valence-electron chi connectivity index (χ4n) is 1.96. The van der Waals surface area contributed by atoms with Crippen LogP contribution in [0, 0.1) is 0 Å². The number of ether oxygens (including phenoxy) is 1. The molecular formula is C13H27NO4Si. The average Bonchev–Trinajstić information content (AvgIpc) is 2.68. The molecule has 6 heteroatoms. The standard InChI is InChI=1S/C13H27NO4Si/c1-13(2,3)19(5,6)18-9-10-7-11(17-4)8-14(10)12(15)16/h10-11H,7-9H2,1-6H3,(H,15,16). The topological polar surface area (TPSA) is 59.0 Å². The van der Waals surface area contributed by atoms with Gasteiger partial charge in [0, 0.05) is 7.11 Å². The van der Waals surface area contributed by atoms with Crippen LogP contribution in [0.15, 0.2) is 0 Å². The Kier molecular flexibility index (Phi) is 5.03. The lowest BCUT2D eigenvalue weighted by Crippen LogP contribution is -2.45. The minimum atomic E-state index is -1.83. The summed E-state index contributed by atoms with van der Waals surface area (Å²) in [5.74, 6) is 0. The van der Waals surface area contributed by atoms with E-state index in [0.717, 1.165) is 6.42 Å². The summed E-state index contributed by atoms with van der Waals surface area (Å²) in [7, 11) is -0.203. The molecule has 2 atom stereocenters. The van der Waals surface area contributed by atoms with Crippen LogP contribution in [-0.4, -0.2) is 56.8 Å². The maximum atomic E-state index is 11.2. The third-order valence-corrected chi connectivity index (χ3v) is 8.90. The maximum absolute atomic E-state index is 11.2. The molecule has 0 aromatic heterocycles. The van der Waals surface area contributed by atoms with Crippen LogP contribution in [0.1, 0.15) is 27.2 Å². The van der Waals surface area contributed by atoms with Crippen molar-refractivity contribution in [3.63, 3.8) is 0 Å². The number of rotatable bonds is 4. The van der Waals surface area contributed by atoms with Gasteiger partial charge < -0.3 is 19.2 Å². The van der Waals surface area contributed by atoms with E-state index in [1.807, 2.05) is 0 Å². The molecule has 1 fully saturated rings. The molecule has 0 spiro atoms.